The minimum absolute atomic E-state index is 0.340. The Labute approximate surface area is 82.6 Å². The second kappa shape index (κ2) is 4.24. The Balaban J connectivity index is 4.27. The zero-order chi connectivity index (χ0) is 9.99. The van der Waals surface area contributed by atoms with E-state index in [-0.39, 0.29) is 0 Å². The van der Waals surface area contributed by atoms with Crippen LogP contribution in [0.1, 0.15) is 34.6 Å². The van der Waals surface area contributed by atoms with Gasteiger partial charge in [0, 0.05) is 15.1 Å². The smallest absolute Gasteiger partial charge is 0.216 e. The third-order valence-corrected chi connectivity index (χ3v) is 8.96. The summed E-state index contributed by atoms with van der Waals surface area (Å²) in [6, 6.07) is 0. The highest BCUT2D eigenvalue weighted by Crippen LogP contribution is 2.38. The first-order valence-electron chi connectivity index (χ1n) is 3.76. The zero-order valence-electron chi connectivity index (χ0n) is 8.12. The van der Waals surface area contributed by atoms with Crippen LogP contribution >= 0.6 is 20.6 Å². The molecule has 0 spiro atoms. The van der Waals surface area contributed by atoms with E-state index >= 15 is 0 Å². The largest absolute Gasteiger partial charge is 0.216 e. The summed E-state index contributed by atoms with van der Waals surface area (Å²) in [5, 5.41) is 0.340. The quantitative estimate of drug-likeness (QED) is 0.696. The maximum atomic E-state index is 11.5. The molecule has 12 heavy (non-hydrogen) atoms. The van der Waals surface area contributed by atoms with Crippen LogP contribution in [0, 0.1) is 0 Å². The van der Waals surface area contributed by atoms with E-state index in [1.54, 1.807) is 20.8 Å². The van der Waals surface area contributed by atoms with Crippen LogP contribution in [0.4, 0.5) is 0 Å². The average Bonchev–Trinajstić information content (AvgIpc) is 1.81. The lowest BCUT2D eigenvalue weighted by Crippen LogP contribution is -2.24. The van der Waals surface area contributed by atoms with Crippen LogP contribution in [0.15, 0.2) is 0 Å². The van der Waals surface area contributed by atoms with E-state index in [1.165, 1.54) is 10.8 Å². The molecule has 0 saturated heterocycles. The Morgan fingerprint density at radius 3 is 1.83 bits per heavy atom. The molecule has 0 aromatic carbocycles. The van der Waals surface area contributed by atoms with Crippen molar-refractivity contribution in [3.05, 3.63) is 0 Å². The van der Waals surface area contributed by atoms with Gasteiger partial charge < -0.3 is 0 Å². The van der Waals surface area contributed by atoms with Crippen molar-refractivity contribution in [2.24, 2.45) is 0 Å². The normalized spacial score (nSPS) is 13.8. The molecule has 0 amide bonds. The van der Waals surface area contributed by atoms with Gasteiger partial charge in [0.05, 0.1) is 4.75 Å². The molecule has 0 aliphatic rings. The molecule has 0 heterocycles. The first-order chi connectivity index (χ1) is 5.17. The number of rotatable bonds is 3. The van der Waals surface area contributed by atoms with E-state index < -0.39 is 13.6 Å². The first-order valence-corrected chi connectivity index (χ1v) is 7.97. The Kier molecular flexibility index (Phi) is 4.47. The molecule has 0 bridgehead atoms. The number of hydrogen-bond donors (Lipinski definition) is 0. The van der Waals surface area contributed by atoms with Crippen LogP contribution < -0.4 is 0 Å². The topological polar surface area (TPSA) is 34.1 Å². The summed E-state index contributed by atoms with van der Waals surface area (Å²) < 4.78 is 22.3. The third-order valence-electron chi connectivity index (χ3n) is 1.07. The molecule has 0 unspecified atom stereocenters. The molecule has 0 aromatic heterocycles. The minimum atomic E-state index is -3.01. The van der Waals surface area contributed by atoms with Gasteiger partial charge in [-0.25, -0.2) is 8.42 Å². The van der Waals surface area contributed by atoms with E-state index in [2.05, 4.69) is 0 Å². The molecule has 74 valence electrons. The fraction of sp³-hybridized carbons (Fsp3) is 1.00. The Hall–Kier alpha value is 0.650. The van der Waals surface area contributed by atoms with Crippen LogP contribution in [-0.4, -0.2) is 18.4 Å². The van der Waals surface area contributed by atoms with Crippen molar-refractivity contribution >= 4 is 29.5 Å². The molecule has 0 N–H and O–H groups in total. The molecule has 0 aliphatic heterocycles. The lowest BCUT2D eigenvalue weighted by atomic mass is 10.3. The highest BCUT2D eigenvalue weighted by Gasteiger charge is 2.30. The van der Waals surface area contributed by atoms with Gasteiger partial charge in [-0.15, -0.1) is 0 Å². The number of hydrogen-bond acceptors (Lipinski definition) is 4. The molecule has 2 nitrogen and oxygen atoms in total. The minimum Gasteiger partial charge on any atom is -0.216 e. The lowest BCUT2D eigenvalue weighted by molar-refractivity contribution is 0.577. The summed E-state index contributed by atoms with van der Waals surface area (Å²) in [5.74, 6) is 0. The van der Waals surface area contributed by atoms with Crippen LogP contribution in [0.25, 0.3) is 0 Å². The molecule has 0 fully saturated rings. The second-order valence-corrected chi connectivity index (χ2v) is 10.7. The molecular weight excluding hydrogens is 212 g/mol. The molecule has 0 radical (unpaired) electrons. The van der Waals surface area contributed by atoms with Crippen molar-refractivity contribution in [1.29, 1.82) is 0 Å². The molecule has 0 saturated carbocycles. The van der Waals surface area contributed by atoms with Crippen molar-refractivity contribution in [3.8, 4) is 0 Å². The van der Waals surface area contributed by atoms with Crippen LogP contribution in [0.5, 0.6) is 0 Å². The molecular formula is C7H16O2S3. The summed E-state index contributed by atoms with van der Waals surface area (Å²) >= 11 is 0. The van der Waals surface area contributed by atoms with E-state index in [4.69, 9.17) is 0 Å². The van der Waals surface area contributed by atoms with Gasteiger partial charge in [0.2, 0.25) is 8.87 Å². The summed E-state index contributed by atoms with van der Waals surface area (Å²) in [6.07, 6.45) is 0. The fourth-order valence-electron chi connectivity index (χ4n) is 0.232. The van der Waals surface area contributed by atoms with E-state index in [1.807, 2.05) is 13.8 Å². The molecule has 0 aromatic rings. The fourth-order valence-corrected chi connectivity index (χ4v) is 6.27. The SMILES string of the molecule is CC(C)SSS(=O)(=O)C(C)(C)C. The van der Waals surface area contributed by atoms with Gasteiger partial charge in [-0.05, 0) is 20.8 Å². The maximum Gasteiger partial charge on any atom is 0.216 e. The average molecular weight is 228 g/mol. The van der Waals surface area contributed by atoms with Crippen molar-refractivity contribution in [1.82, 2.24) is 0 Å². The van der Waals surface area contributed by atoms with Gasteiger partial charge in [0.25, 0.3) is 0 Å². The second-order valence-electron chi connectivity index (χ2n) is 3.78. The molecule has 0 atom stereocenters. The zero-order valence-corrected chi connectivity index (χ0v) is 10.6. The standard InChI is InChI=1S/C7H16O2S3/c1-6(2)10-11-12(8,9)7(3,4)5/h6H,1-5H3. The van der Waals surface area contributed by atoms with Crippen molar-refractivity contribution in [2.45, 2.75) is 44.6 Å². The Morgan fingerprint density at radius 1 is 1.17 bits per heavy atom. The molecule has 0 rings (SSSR count). The first kappa shape index (κ1) is 12.7. The van der Waals surface area contributed by atoms with E-state index in [0.29, 0.717) is 5.25 Å². The predicted octanol–water partition coefficient (Wildman–Crippen LogP) is 2.90. The van der Waals surface area contributed by atoms with Crippen molar-refractivity contribution in [2.75, 3.05) is 0 Å². The van der Waals surface area contributed by atoms with Crippen LogP contribution in [-0.2, 0) is 8.87 Å². The van der Waals surface area contributed by atoms with Gasteiger partial charge in [-0.3, -0.25) is 0 Å². The van der Waals surface area contributed by atoms with Crippen molar-refractivity contribution < 1.29 is 8.42 Å². The summed E-state index contributed by atoms with van der Waals surface area (Å²) in [6.45, 7) is 9.12. The third kappa shape index (κ3) is 4.05. The summed E-state index contributed by atoms with van der Waals surface area (Å²) in [4.78, 5) is 0. The monoisotopic (exact) mass is 228 g/mol. The van der Waals surface area contributed by atoms with Gasteiger partial charge in [0.15, 0.2) is 0 Å². The molecule has 0 aliphatic carbocycles. The van der Waals surface area contributed by atoms with Gasteiger partial charge in [-0.2, -0.15) is 0 Å². The van der Waals surface area contributed by atoms with Crippen molar-refractivity contribution in [3.63, 3.8) is 0 Å². The van der Waals surface area contributed by atoms with E-state index in [9.17, 15) is 8.42 Å². The highest BCUT2D eigenvalue weighted by atomic mass is 33.5. The lowest BCUT2D eigenvalue weighted by Gasteiger charge is -2.17. The van der Waals surface area contributed by atoms with Gasteiger partial charge >= 0.3 is 0 Å². The van der Waals surface area contributed by atoms with Crippen LogP contribution in [0.2, 0.25) is 0 Å². The highest BCUT2D eigenvalue weighted by molar-refractivity contribution is 9.07. The summed E-state index contributed by atoms with van der Waals surface area (Å²) in [5.41, 5.74) is 0. The predicted molar refractivity (Wildman–Crippen MR) is 59.0 cm³/mol. The van der Waals surface area contributed by atoms with Crippen LogP contribution in [0.3, 0.4) is 0 Å². The Morgan fingerprint density at radius 2 is 1.58 bits per heavy atom. The van der Waals surface area contributed by atoms with Gasteiger partial charge in [0.1, 0.15) is 0 Å². The van der Waals surface area contributed by atoms with Gasteiger partial charge in [-0.1, -0.05) is 24.6 Å². The summed E-state index contributed by atoms with van der Waals surface area (Å²) in [7, 11) is -0.637. The maximum absolute atomic E-state index is 11.5. The Bertz CT molecular complexity index is 224. The van der Waals surface area contributed by atoms with E-state index in [0.717, 1.165) is 9.83 Å². The molecule has 5 heteroatoms.